The van der Waals surface area contributed by atoms with E-state index in [0.717, 1.165) is 0 Å². The Morgan fingerprint density at radius 2 is 2.25 bits per heavy atom. The molecule has 4 heteroatoms. The molecule has 1 aliphatic rings. The molecule has 4 nitrogen and oxygen atoms in total. The van der Waals surface area contributed by atoms with Gasteiger partial charge in [-0.3, -0.25) is 0 Å². The lowest BCUT2D eigenvalue weighted by atomic mass is 9.94. The van der Waals surface area contributed by atoms with Crippen LogP contribution in [0, 0.1) is 5.92 Å². The molecule has 4 unspecified atom stereocenters. The molecule has 1 saturated heterocycles. The van der Waals surface area contributed by atoms with Crippen LogP contribution in [0.1, 0.15) is 13.3 Å². The van der Waals surface area contributed by atoms with Crippen LogP contribution in [0.2, 0.25) is 0 Å². The number of aliphatic hydroxyl groups is 2. The highest BCUT2D eigenvalue weighted by Crippen LogP contribution is 2.24. The van der Waals surface area contributed by atoms with E-state index in [4.69, 9.17) is 14.6 Å². The fraction of sp³-hybridized carbons (Fsp3) is 1.00. The molecule has 0 amide bonds. The zero-order valence-corrected chi connectivity index (χ0v) is 7.43. The van der Waals surface area contributed by atoms with Gasteiger partial charge in [-0.2, -0.15) is 0 Å². The lowest BCUT2D eigenvalue weighted by Crippen LogP contribution is -2.45. The van der Waals surface area contributed by atoms with Crippen molar-refractivity contribution in [2.45, 2.75) is 31.8 Å². The number of hydrogen-bond donors (Lipinski definition) is 2. The van der Waals surface area contributed by atoms with Gasteiger partial charge in [0, 0.05) is 7.11 Å². The van der Waals surface area contributed by atoms with Gasteiger partial charge in [-0.25, -0.2) is 0 Å². The van der Waals surface area contributed by atoms with Gasteiger partial charge < -0.3 is 19.7 Å². The summed E-state index contributed by atoms with van der Waals surface area (Å²) in [7, 11) is 1.48. The van der Waals surface area contributed by atoms with Crippen molar-refractivity contribution in [1.29, 1.82) is 0 Å². The smallest absolute Gasteiger partial charge is 0.183 e. The minimum absolute atomic E-state index is 0.0201. The Kier molecular flexibility index (Phi) is 3.46. The Hall–Kier alpha value is -0.160. The van der Waals surface area contributed by atoms with Gasteiger partial charge in [0.25, 0.3) is 0 Å². The standard InChI is InChI=1S/C8H16O4/c1-5-3-6(10)8(11-2)12-7(5)4-9/h5-10H,3-4H2,1-2H3. The largest absolute Gasteiger partial charge is 0.394 e. The highest BCUT2D eigenvalue weighted by Gasteiger charge is 2.34. The van der Waals surface area contributed by atoms with Crippen LogP contribution in [0.25, 0.3) is 0 Å². The summed E-state index contributed by atoms with van der Waals surface area (Å²) >= 11 is 0. The van der Waals surface area contributed by atoms with Gasteiger partial charge in [0.1, 0.15) is 6.10 Å². The first-order valence-electron chi connectivity index (χ1n) is 4.16. The van der Waals surface area contributed by atoms with Gasteiger partial charge in [0.15, 0.2) is 6.29 Å². The van der Waals surface area contributed by atoms with Crippen LogP contribution in [0.4, 0.5) is 0 Å². The van der Waals surface area contributed by atoms with Gasteiger partial charge in [-0.05, 0) is 12.3 Å². The van der Waals surface area contributed by atoms with E-state index >= 15 is 0 Å². The van der Waals surface area contributed by atoms with E-state index in [0.29, 0.717) is 6.42 Å². The second kappa shape index (κ2) is 4.18. The van der Waals surface area contributed by atoms with Crippen molar-refractivity contribution in [1.82, 2.24) is 0 Å². The third-order valence-electron chi connectivity index (χ3n) is 2.28. The molecule has 0 aliphatic carbocycles. The zero-order valence-electron chi connectivity index (χ0n) is 7.43. The molecule has 0 saturated carbocycles. The summed E-state index contributed by atoms with van der Waals surface area (Å²) in [6.45, 7) is 1.92. The molecular weight excluding hydrogens is 160 g/mol. The Morgan fingerprint density at radius 1 is 1.58 bits per heavy atom. The fourth-order valence-electron chi connectivity index (χ4n) is 1.48. The summed E-state index contributed by atoms with van der Waals surface area (Å²) in [6.07, 6.45) is -0.756. The average Bonchev–Trinajstić information content (AvgIpc) is 2.05. The Morgan fingerprint density at radius 3 is 2.75 bits per heavy atom. The van der Waals surface area contributed by atoms with E-state index in [1.807, 2.05) is 6.92 Å². The van der Waals surface area contributed by atoms with E-state index in [9.17, 15) is 5.11 Å². The van der Waals surface area contributed by atoms with Crippen LogP contribution >= 0.6 is 0 Å². The molecule has 0 aromatic rings. The second-order valence-electron chi connectivity index (χ2n) is 3.24. The molecule has 4 atom stereocenters. The Balaban J connectivity index is 2.50. The summed E-state index contributed by atoms with van der Waals surface area (Å²) in [5, 5.41) is 18.3. The molecule has 0 radical (unpaired) electrons. The molecule has 1 aliphatic heterocycles. The number of rotatable bonds is 2. The van der Waals surface area contributed by atoms with E-state index in [-0.39, 0.29) is 18.6 Å². The van der Waals surface area contributed by atoms with Crippen LogP contribution in [0.5, 0.6) is 0 Å². The van der Waals surface area contributed by atoms with E-state index < -0.39 is 12.4 Å². The van der Waals surface area contributed by atoms with Crippen LogP contribution < -0.4 is 0 Å². The first-order chi connectivity index (χ1) is 5.69. The highest BCUT2D eigenvalue weighted by molar-refractivity contribution is 4.78. The van der Waals surface area contributed by atoms with Gasteiger partial charge in [0.05, 0.1) is 12.7 Å². The maximum Gasteiger partial charge on any atom is 0.183 e. The second-order valence-corrected chi connectivity index (χ2v) is 3.24. The lowest BCUT2D eigenvalue weighted by Gasteiger charge is -2.36. The molecule has 0 bridgehead atoms. The molecule has 12 heavy (non-hydrogen) atoms. The SMILES string of the molecule is COC1OC(CO)C(C)CC1O. The first-order valence-corrected chi connectivity index (χ1v) is 4.16. The van der Waals surface area contributed by atoms with Crippen LogP contribution in [-0.2, 0) is 9.47 Å². The summed E-state index contributed by atoms with van der Waals surface area (Å²) in [4.78, 5) is 0. The molecule has 2 N–H and O–H groups in total. The Labute approximate surface area is 72.1 Å². The van der Waals surface area contributed by atoms with E-state index in [1.54, 1.807) is 0 Å². The Bertz CT molecular complexity index is 125. The van der Waals surface area contributed by atoms with E-state index in [1.165, 1.54) is 7.11 Å². The summed E-state index contributed by atoms with van der Waals surface area (Å²) in [6, 6.07) is 0. The van der Waals surface area contributed by atoms with Crippen molar-refractivity contribution in [3.63, 3.8) is 0 Å². The zero-order chi connectivity index (χ0) is 9.14. The van der Waals surface area contributed by atoms with Crippen molar-refractivity contribution in [2.24, 2.45) is 5.92 Å². The van der Waals surface area contributed by atoms with Crippen molar-refractivity contribution < 1.29 is 19.7 Å². The van der Waals surface area contributed by atoms with Crippen LogP contribution in [-0.4, -0.2) is 42.4 Å². The minimum atomic E-state index is -0.585. The molecule has 0 aromatic carbocycles. The molecule has 1 fully saturated rings. The van der Waals surface area contributed by atoms with E-state index in [2.05, 4.69) is 0 Å². The summed E-state index contributed by atoms with van der Waals surface area (Å²) in [5.41, 5.74) is 0. The normalized spacial score (nSPS) is 43.0. The predicted molar refractivity (Wildman–Crippen MR) is 42.5 cm³/mol. The number of ether oxygens (including phenoxy) is 2. The van der Waals surface area contributed by atoms with Crippen molar-refractivity contribution >= 4 is 0 Å². The third kappa shape index (κ3) is 1.95. The third-order valence-corrected chi connectivity index (χ3v) is 2.28. The number of aliphatic hydroxyl groups excluding tert-OH is 2. The maximum atomic E-state index is 9.42. The van der Waals surface area contributed by atoms with Gasteiger partial charge in [-0.15, -0.1) is 0 Å². The van der Waals surface area contributed by atoms with Crippen LogP contribution in [0.3, 0.4) is 0 Å². The van der Waals surface area contributed by atoms with Gasteiger partial charge in [0.2, 0.25) is 0 Å². The molecule has 1 heterocycles. The summed E-state index contributed by atoms with van der Waals surface area (Å²) < 4.78 is 10.2. The first kappa shape index (κ1) is 9.92. The van der Waals surface area contributed by atoms with Gasteiger partial charge >= 0.3 is 0 Å². The quantitative estimate of drug-likeness (QED) is 0.608. The average molecular weight is 176 g/mol. The molecule has 0 aromatic heterocycles. The van der Waals surface area contributed by atoms with Gasteiger partial charge in [-0.1, -0.05) is 6.92 Å². The molecule has 0 spiro atoms. The topological polar surface area (TPSA) is 58.9 Å². The lowest BCUT2D eigenvalue weighted by molar-refractivity contribution is -0.248. The van der Waals surface area contributed by atoms with Crippen molar-refractivity contribution in [2.75, 3.05) is 13.7 Å². The monoisotopic (exact) mass is 176 g/mol. The fourth-order valence-corrected chi connectivity index (χ4v) is 1.48. The predicted octanol–water partition coefficient (Wildman–Crippen LogP) is -0.263. The molecular formula is C8H16O4. The highest BCUT2D eigenvalue weighted by atomic mass is 16.7. The molecule has 1 rings (SSSR count). The number of methoxy groups -OCH3 is 1. The van der Waals surface area contributed by atoms with Crippen molar-refractivity contribution in [3.05, 3.63) is 0 Å². The van der Waals surface area contributed by atoms with Crippen LogP contribution in [0.15, 0.2) is 0 Å². The summed E-state index contributed by atoms with van der Waals surface area (Å²) in [5.74, 6) is 0.177. The molecule has 72 valence electrons. The minimum Gasteiger partial charge on any atom is -0.394 e. The maximum absolute atomic E-state index is 9.42. The number of hydrogen-bond acceptors (Lipinski definition) is 4. The van der Waals surface area contributed by atoms with Crippen molar-refractivity contribution in [3.8, 4) is 0 Å².